The summed E-state index contributed by atoms with van der Waals surface area (Å²) in [6.45, 7) is 0.297. The summed E-state index contributed by atoms with van der Waals surface area (Å²) in [4.78, 5) is 0. The Morgan fingerprint density at radius 1 is 1.35 bits per heavy atom. The number of fused-ring (bicyclic) bond motifs is 1. The highest BCUT2D eigenvalue weighted by molar-refractivity contribution is 6.32. The zero-order valence-electron chi connectivity index (χ0n) is 10.7. The molecule has 1 aromatic carbocycles. The topological polar surface area (TPSA) is 35.3 Å². The molecule has 1 aromatic heterocycles. The number of hydrogen-bond donors (Lipinski definition) is 0. The van der Waals surface area contributed by atoms with Gasteiger partial charge in [0.05, 0.1) is 18.9 Å². The van der Waals surface area contributed by atoms with Crippen LogP contribution in [0.3, 0.4) is 0 Å². The van der Waals surface area contributed by atoms with Gasteiger partial charge in [0.2, 0.25) is 5.92 Å². The molecule has 1 heterocycles. The Kier molecular flexibility index (Phi) is 3.65. The molecule has 3 nitrogen and oxygen atoms in total. The minimum Gasteiger partial charge on any atom is -0.373 e. The van der Waals surface area contributed by atoms with Crippen LogP contribution in [0.4, 0.5) is 8.78 Å². The van der Waals surface area contributed by atoms with Gasteiger partial charge in [0.25, 0.3) is 0 Å². The molecule has 0 bridgehead atoms. The fourth-order valence-electron chi connectivity index (χ4n) is 2.43. The third kappa shape index (κ3) is 2.94. The van der Waals surface area contributed by atoms with Gasteiger partial charge in [0, 0.05) is 28.8 Å². The minimum atomic E-state index is -2.53. The highest BCUT2D eigenvalue weighted by Gasteiger charge is 2.35. The van der Waals surface area contributed by atoms with Crippen LogP contribution in [-0.4, -0.2) is 17.2 Å². The highest BCUT2D eigenvalue weighted by Crippen LogP contribution is 2.35. The number of benzene rings is 1. The maximum Gasteiger partial charge on any atom is 0.248 e. The molecule has 2 aromatic rings. The lowest BCUT2D eigenvalue weighted by atomic mass is 9.94. The summed E-state index contributed by atoms with van der Waals surface area (Å²) in [5, 5.41) is 5.09. The maximum absolute atomic E-state index is 13.0. The smallest absolute Gasteiger partial charge is 0.248 e. The summed E-state index contributed by atoms with van der Waals surface area (Å²) in [5.74, 6) is -2.53. The normalized spacial score (nSPS) is 19.6. The Hall–Kier alpha value is -1.20. The molecule has 0 aliphatic heterocycles. The molecule has 1 fully saturated rings. The Bertz CT molecular complexity index is 604. The van der Waals surface area contributed by atoms with Gasteiger partial charge in [0.1, 0.15) is 0 Å². The van der Waals surface area contributed by atoms with Crippen LogP contribution < -0.4 is 0 Å². The summed E-state index contributed by atoms with van der Waals surface area (Å²) in [6, 6.07) is 3.54. The number of hydrogen-bond acceptors (Lipinski definition) is 3. The Morgan fingerprint density at radius 2 is 2.10 bits per heavy atom. The van der Waals surface area contributed by atoms with Crippen LogP contribution in [0.1, 0.15) is 31.2 Å². The molecule has 0 unspecified atom stereocenters. The van der Waals surface area contributed by atoms with Crippen molar-refractivity contribution in [2.24, 2.45) is 0 Å². The molecule has 0 N–H and O–H groups in total. The van der Waals surface area contributed by atoms with Crippen molar-refractivity contribution < 1.29 is 18.0 Å². The van der Waals surface area contributed by atoms with Gasteiger partial charge in [-0.1, -0.05) is 16.8 Å². The molecular weight excluding hydrogens is 288 g/mol. The van der Waals surface area contributed by atoms with Gasteiger partial charge in [-0.05, 0) is 25.0 Å². The molecule has 0 saturated heterocycles. The van der Waals surface area contributed by atoms with E-state index in [2.05, 4.69) is 5.16 Å². The van der Waals surface area contributed by atoms with E-state index in [9.17, 15) is 8.78 Å². The average molecular weight is 302 g/mol. The molecule has 0 amide bonds. The molecule has 20 heavy (non-hydrogen) atoms. The monoisotopic (exact) mass is 301 g/mol. The molecular formula is C14H14ClF2NO2. The number of nitrogens with zero attached hydrogens (tertiary/aromatic N) is 1. The number of alkyl halides is 2. The fraction of sp³-hybridized carbons (Fsp3) is 0.500. The lowest BCUT2D eigenvalue weighted by Crippen LogP contribution is -2.29. The average Bonchev–Trinajstić information content (AvgIpc) is 2.84. The number of ether oxygens (including phenoxy) is 1. The van der Waals surface area contributed by atoms with E-state index in [4.69, 9.17) is 20.9 Å². The lowest BCUT2D eigenvalue weighted by molar-refractivity contribution is -0.0838. The number of aromatic nitrogens is 1. The van der Waals surface area contributed by atoms with Crippen molar-refractivity contribution in [3.63, 3.8) is 0 Å². The molecule has 1 aliphatic carbocycles. The molecule has 1 aliphatic rings. The van der Waals surface area contributed by atoms with Crippen LogP contribution >= 0.6 is 11.6 Å². The van der Waals surface area contributed by atoms with Gasteiger partial charge < -0.3 is 9.26 Å². The van der Waals surface area contributed by atoms with Crippen molar-refractivity contribution in [1.29, 1.82) is 0 Å². The molecule has 0 radical (unpaired) electrons. The Balaban J connectivity index is 1.64. The fourth-order valence-corrected chi connectivity index (χ4v) is 2.66. The lowest BCUT2D eigenvalue weighted by Gasteiger charge is -2.28. The van der Waals surface area contributed by atoms with Crippen LogP contribution in [-0.2, 0) is 11.3 Å². The van der Waals surface area contributed by atoms with Gasteiger partial charge in [-0.15, -0.1) is 0 Å². The number of rotatable bonds is 3. The van der Waals surface area contributed by atoms with Gasteiger partial charge in [-0.2, -0.15) is 0 Å². The summed E-state index contributed by atoms with van der Waals surface area (Å²) in [5.41, 5.74) is 1.43. The van der Waals surface area contributed by atoms with Crippen molar-refractivity contribution in [2.75, 3.05) is 0 Å². The van der Waals surface area contributed by atoms with Crippen molar-refractivity contribution in [2.45, 2.75) is 44.3 Å². The highest BCUT2D eigenvalue weighted by atomic mass is 35.5. The zero-order chi connectivity index (χ0) is 14.2. The second-order valence-electron chi connectivity index (χ2n) is 5.17. The van der Waals surface area contributed by atoms with E-state index in [1.165, 1.54) is 0 Å². The first-order valence-corrected chi connectivity index (χ1v) is 6.93. The standard InChI is InChI=1S/C14H14ClF2NO2/c15-12-5-9-7-18-20-13(9)6-10(12)8-19-11-1-3-14(16,17)4-2-11/h5-7,11H,1-4,8H2. The van der Waals surface area contributed by atoms with Gasteiger partial charge >= 0.3 is 0 Å². The van der Waals surface area contributed by atoms with E-state index < -0.39 is 5.92 Å². The van der Waals surface area contributed by atoms with Crippen molar-refractivity contribution >= 4 is 22.6 Å². The second kappa shape index (κ2) is 5.30. The van der Waals surface area contributed by atoms with Crippen LogP contribution in [0.2, 0.25) is 5.02 Å². The van der Waals surface area contributed by atoms with E-state index in [1.807, 2.05) is 0 Å². The number of halogens is 3. The third-order valence-electron chi connectivity index (χ3n) is 3.66. The molecule has 0 atom stereocenters. The van der Waals surface area contributed by atoms with Gasteiger partial charge in [-0.25, -0.2) is 8.78 Å². The maximum atomic E-state index is 13.0. The van der Waals surface area contributed by atoms with E-state index in [1.54, 1.807) is 18.3 Å². The van der Waals surface area contributed by atoms with E-state index in [0.29, 0.717) is 30.1 Å². The Labute approximate surface area is 119 Å². The van der Waals surface area contributed by atoms with Crippen LogP contribution in [0.5, 0.6) is 0 Å². The summed E-state index contributed by atoms with van der Waals surface area (Å²) < 4.78 is 36.9. The SMILES string of the molecule is FC1(F)CCC(OCc2cc3oncc3cc2Cl)CC1. The first-order valence-electron chi connectivity index (χ1n) is 6.56. The molecule has 3 rings (SSSR count). The predicted octanol–water partition coefficient (Wildman–Crippen LogP) is 4.58. The minimum absolute atomic E-state index is 0.105. The third-order valence-corrected chi connectivity index (χ3v) is 4.01. The predicted molar refractivity (Wildman–Crippen MR) is 71.0 cm³/mol. The van der Waals surface area contributed by atoms with E-state index in [0.717, 1.165) is 10.9 Å². The van der Waals surface area contributed by atoms with Crippen molar-refractivity contribution in [1.82, 2.24) is 5.16 Å². The Morgan fingerprint density at radius 3 is 2.85 bits per heavy atom. The second-order valence-corrected chi connectivity index (χ2v) is 5.58. The van der Waals surface area contributed by atoms with Crippen molar-refractivity contribution in [3.8, 4) is 0 Å². The molecule has 1 saturated carbocycles. The first kappa shape index (κ1) is 13.8. The van der Waals surface area contributed by atoms with Crippen molar-refractivity contribution in [3.05, 3.63) is 28.9 Å². The summed E-state index contributed by atoms with van der Waals surface area (Å²) >= 11 is 6.15. The summed E-state index contributed by atoms with van der Waals surface area (Å²) in [6.07, 6.45) is 2.02. The van der Waals surface area contributed by atoms with Crippen LogP contribution in [0, 0.1) is 0 Å². The molecule has 6 heteroatoms. The first-order chi connectivity index (χ1) is 9.53. The molecule has 0 spiro atoms. The van der Waals surface area contributed by atoms with Crippen LogP contribution in [0.25, 0.3) is 11.0 Å². The van der Waals surface area contributed by atoms with E-state index >= 15 is 0 Å². The quantitative estimate of drug-likeness (QED) is 0.832. The summed E-state index contributed by atoms with van der Waals surface area (Å²) in [7, 11) is 0. The zero-order valence-corrected chi connectivity index (χ0v) is 11.5. The van der Waals surface area contributed by atoms with Gasteiger partial charge in [0.15, 0.2) is 5.58 Å². The van der Waals surface area contributed by atoms with Gasteiger partial charge in [-0.3, -0.25) is 0 Å². The van der Waals surface area contributed by atoms with Crippen LogP contribution in [0.15, 0.2) is 22.9 Å². The molecule has 108 valence electrons. The largest absolute Gasteiger partial charge is 0.373 e. The van der Waals surface area contributed by atoms with E-state index in [-0.39, 0.29) is 18.9 Å².